The summed E-state index contributed by atoms with van der Waals surface area (Å²) < 4.78 is 5.86. The molecule has 1 unspecified atom stereocenters. The minimum atomic E-state index is 0.0457. The van der Waals surface area contributed by atoms with Crippen molar-refractivity contribution in [2.75, 3.05) is 27.2 Å². The number of hydrogen-bond acceptors (Lipinski definition) is 3. The van der Waals surface area contributed by atoms with Crippen molar-refractivity contribution in [2.45, 2.75) is 26.8 Å². The molecule has 1 aromatic carbocycles. The molecule has 3 nitrogen and oxygen atoms in total. The Bertz CT molecular complexity index is 375. The predicted molar refractivity (Wildman–Crippen MR) is 72.7 cm³/mol. The van der Waals surface area contributed by atoms with Gasteiger partial charge in [-0.25, -0.2) is 0 Å². The van der Waals surface area contributed by atoms with Crippen molar-refractivity contribution in [3.8, 4) is 5.75 Å². The van der Waals surface area contributed by atoms with Crippen LogP contribution in [0.15, 0.2) is 12.1 Å². The predicted octanol–water partition coefficient (Wildman–Crippen LogP) is 1.88. The van der Waals surface area contributed by atoms with E-state index in [9.17, 15) is 0 Å². The molecule has 0 spiro atoms. The summed E-state index contributed by atoms with van der Waals surface area (Å²) in [5.74, 6) is 0.985. The summed E-state index contributed by atoms with van der Waals surface area (Å²) in [5.41, 5.74) is 9.63. The largest absolute Gasteiger partial charge is 0.491 e. The third kappa shape index (κ3) is 4.02. The van der Waals surface area contributed by atoms with Crippen molar-refractivity contribution >= 4 is 0 Å². The third-order valence-electron chi connectivity index (χ3n) is 2.91. The number of likely N-dealkylation sites (N-methyl/N-ethyl adjacent to an activating group) is 1. The number of nitrogens with zero attached hydrogens (tertiary/aromatic N) is 1. The second-order valence-corrected chi connectivity index (χ2v) is 4.99. The first-order chi connectivity index (χ1) is 7.91. The van der Waals surface area contributed by atoms with E-state index in [2.05, 4.69) is 37.8 Å². The molecular weight excluding hydrogens is 212 g/mol. The van der Waals surface area contributed by atoms with E-state index in [0.29, 0.717) is 6.61 Å². The van der Waals surface area contributed by atoms with Gasteiger partial charge in [-0.15, -0.1) is 0 Å². The van der Waals surface area contributed by atoms with Crippen LogP contribution >= 0.6 is 0 Å². The average Bonchev–Trinajstić information content (AvgIpc) is 2.23. The number of benzene rings is 1. The van der Waals surface area contributed by atoms with Crippen LogP contribution in [0, 0.1) is 20.8 Å². The van der Waals surface area contributed by atoms with Gasteiger partial charge in [0.2, 0.25) is 0 Å². The Balaban J connectivity index is 2.66. The molecule has 0 saturated heterocycles. The van der Waals surface area contributed by atoms with E-state index < -0.39 is 0 Å². The van der Waals surface area contributed by atoms with Crippen molar-refractivity contribution in [1.82, 2.24) is 4.90 Å². The smallest absolute Gasteiger partial charge is 0.125 e. The van der Waals surface area contributed by atoms with Gasteiger partial charge >= 0.3 is 0 Å². The van der Waals surface area contributed by atoms with Crippen LogP contribution in [0.4, 0.5) is 0 Å². The second kappa shape index (κ2) is 6.03. The first-order valence-electron chi connectivity index (χ1n) is 6.01. The van der Waals surface area contributed by atoms with Crippen LogP contribution < -0.4 is 10.5 Å². The molecule has 1 rings (SSSR count). The molecule has 0 saturated carbocycles. The van der Waals surface area contributed by atoms with E-state index in [-0.39, 0.29) is 6.04 Å². The summed E-state index contributed by atoms with van der Waals surface area (Å²) in [6, 6.07) is 4.26. The van der Waals surface area contributed by atoms with Crippen molar-refractivity contribution in [3.05, 3.63) is 28.8 Å². The van der Waals surface area contributed by atoms with Gasteiger partial charge in [0, 0.05) is 6.54 Å². The molecule has 0 heterocycles. The normalized spacial score (nSPS) is 12.9. The van der Waals surface area contributed by atoms with Gasteiger partial charge in [0.25, 0.3) is 0 Å². The first kappa shape index (κ1) is 14.0. The quantitative estimate of drug-likeness (QED) is 0.848. The summed E-state index contributed by atoms with van der Waals surface area (Å²) in [6.07, 6.45) is 0. The van der Waals surface area contributed by atoms with Crippen molar-refractivity contribution in [3.63, 3.8) is 0 Å². The maximum Gasteiger partial charge on any atom is 0.125 e. The lowest BCUT2D eigenvalue weighted by Crippen LogP contribution is -2.38. The second-order valence-electron chi connectivity index (χ2n) is 4.99. The Morgan fingerprint density at radius 3 is 2.35 bits per heavy atom. The lowest BCUT2D eigenvalue weighted by molar-refractivity contribution is 0.252. The molecule has 17 heavy (non-hydrogen) atoms. The molecule has 0 amide bonds. The number of nitrogens with two attached hydrogens (primary N) is 1. The maximum absolute atomic E-state index is 5.99. The highest BCUT2D eigenvalue weighted by Gasteiger charge is 2.09. The molecule has 1 aromatic rings. The fourth-order valence-corrected chi connectivity index (χ4v) is 1.86. The zero-order valence-corrected chi connectivity index (χ0v) is 11.6. The Morgan fingerprint density at radius 2 is 1.76 bits per heavy atom. The van der Waals surface area contributed by atoms with Gasteiger partial charge in [0.15, 0.2) is 0 Å². The zero-order chi connectivity index (χ0) is 13.0. The van der Waals surface area contributed by atoms with Gasteiger partial charge in [-0.2, -0.15) is 0 Å². The highest BCUT2D eigenvalue weighted by Crippen LogP contribution is 2.25. The van der Waals surface area contributed by atoms with E-state index in [1.54, 1.807) is 0 Å². The highest BCUT2D eigenvalue weighted by molar-refractivity contribution is 5.44. The van der Waals surface area contributed by atoms with Gasteiger partial charge in [0.1, 0.15) is 12.4 Å². The topological polar surface area (TPSA) is 38.5 Å². The van der Waals surface area contributed by atoms with Gasteiger partial charge in [-0.3, -0.25) is 0 Å². The van der Waals surface area contributed by atoms with E-state index in [4.69, 9.17) is 10.5 Å². The first-order valence-corrected chi connectivity index (χ1v) is 6.01. The number of rotatable bonds is 5. The van der Waals surface area contributed by atoms with E-state index in [0.717, 1.165) is 12.3 Å². The fourth-order valence-electron chi connectivity index (χ4n) is 1.86. The molecule has 0 fully saturated rings. The van der Waals surface area contributed by atoms with Crippen LogP contribution in [-0.2, 0) is 0 Å². The maximum atomic E-state index is 5.99. The third-order valence-corrected chi connectivity index (χ3v) is 2.91. The summed E-state index contributed by atoms with van der Waals surface area (Å²) in [6.45, 7) is 7.66. The Morgan fingerprint density at radius 1 is 1.18 bits per heavy atom. The molecule has 0 aliphatic heterocycles. The van der Waals surface area contributed by atoms with Crippen LogP contribution in [0.1, 0.15) is 16.7 Å². The lowest BCUT2D eigenvalue weighted by Gasteiger charge is -2.19. The van der Waals surface area contributed by atoms with Crippen LogP contribution in [0.3, 0.4) is 0 Å². The summed E-state index contributed by atoms with van der Waals surface area (Å²) in [7, 11) is 4.03. The molecule has 2 N–H and O–H groups in total. The molecule has 3 heteroatoms. The molecule has 96 valence electrons. The van der Waals surface area contributed by atoms with Gasteiger partial charge < -0.3 is 15.4 Å². The van der Waals surface area contributed by atoms with E-state index in [1.807, 2.05) is 14.1 Å². The van der Waals surface area contributed by atoms with Crippen molar-refractivity contribution in [1.29, 1.82) is 0 Å². The molecule has 0 aliphatic carbocycles. The van der Waals surface area contributed by atoms with Crippen LogP contribution in [0.5, 0.6) is 5.75 Å². The number of aryl methyl sites for hydroxylation is 2. The summed E-state index contributed by atoms with van der Waals surface area (Å²) >= 11 is 0. The van der Waals surface area contributed by atoms with E-state index >= 15 is 0 Å². The Kier molecular flexibility index (Phi) is 4.97. The van der Waals surface area contributed by atoms with Crippen molar-refractivity contribution in [2.24, 2.45) is 5.73 Å². The average molecular weight is 236 g/mol. The molecule has 0 aromatic heterocycles. The SMILES string of the molecule is Cc1ccc(C)c(OCC(N)CN(C)C)c1C. The van der Waals surface area contributed by atoms with Crippen LogP contribution in [-0.4, -0.2) is 38.2 Å². The molecule has 1 atom stereocenters. The molecule has 0 radical (unpaired) electrons. The van der Waals surface area contributed by atoms with E-state index in [1.165, 1.54) is 16.7 Å². The van der Waals surface area contributed by atoms with Crippen LogP contribution in [0.2, 0.25) is 0 Å². The number of ether oxygens (including phenoxy) is 1. The zero-order valence-electron chi connectivity index (χ0n) is 11.6. The Hall–Kier alpha value is -1.06. The molecule has 0 bridgehead atoms. The van der Waals surface area contributed by atoms with Gasteiger partial charge in [-0.1, -0.05) is 12.1 Å². The summed E-state index contributed by atoms with van der Waals surface area (Å²) in [4.78, 5) is 2.07. The van der Waals surface area contributed by atoms with Gasteiger partial charge in [0.05, 0.1) is 6.04 Å². The minimum Gasteiger partial charge on any atom is -0.491 e. The fraction of sp³-hybridized carbons (Fsp3) is 0.571. The molecular formula is C14H24N2O. The lowest BCUT2D eigenvalue weighted by atomic mass is 10.1. The summed E-state index contributed by atoms with van der Waals surface area (Å²) in [5, 5.41) is 0. The Labute approximate surface area is 105 Å². The number of hydrogen-bond donors (Lipinski definition) is 1. The monoisotopic (exact) mass is 236 g/mol. The molecule has 0 aliphatic rings. The highest BCUT2D eigenvalue weighted by atomic mass is 16.5. The van der Waals surface area contributed by atoms with Gasteiger partial charge in [-0.05, 0) is 51.6 Å². The van der Waals surface area contributed by atoms with Crippen molar-refractivity contribution < 1.29 is 4.74 Å². The standard InChI is InChI=1S/C14H24N2O/c1-10-6-7-11(2)14(12(10)3)17-9-13(15)8-16(4)5/h6-7,13H,8-9,15H2,1-5H3. The van der Waals surface area contributed by atoms with Crippen LogP contribution in [0.25, 0.3) is 0 Å². The minimum absolute atomic E-state index is 0.0457.